The molecule has 35 heavy (non-hydrogen) atoms. The van der Waals surface area contributed by atoms with Gasteiger partial charge < -0.3 is 5.11 Å². The molecule has 0 spiro atoms. The predicted molar refractivity (Wildman–Crippen MR) is 149 cm³/mol. The molecule has 1 N–H and O–H groups in total. The molecule has 6 rings (SSSR count). The molecular weight excluding hydrogens is 516 g/mol. The molecule has 4 aromatic carbocycles. The molecule has 2 atom stereocenters. The fraction of sp³-hybridized carbons (Fsp3) is 0.129. The Labute approximate surface area is 216 Å². The van der Waals surface area contributed by atoms with Crippen molar-refractivity contribution in [2.45, 2.75) is 24.7 Å². The van der Waals surface area contributed by atoms with Gasteiger partial charge in [0.05, 0.1) is 5.56 Å². The first-order valence-corrected chi connectivity index (χ1v) is 13.4. The van der Waals surface area contributed by atoms with Crippen molar-refractivity contribution in [1.29, 1.82) is 0 Å². The van der Waals surface area contributed by atoms with Crippen molar-refractivity contribution in [2.75, 3.05) is 0 Å². The summed E-state index contributed by atoms with van der Waals surface area (Å²) in [5, 5.41) is 11.8. The molecule has 1 heterocycles. The van der Waals surface area contributed by atoms with E-state index >= 15 is 0 Å². The second kappa shape index (κ2) is 9.10. The molecule has 0 saturated heterocycles. The monoisotopic (exact) mass is 538 g/mol. The van der Waals surface area contributed by atoms with Crippen LogP contribution in [0.25, 0.3) is 21.2 Å². The molecule has 0 bridgehead atoms. The molecule has 0 aliphatic heterocycles. The Bertz CT molecular complexity index is 1590. The first kappa shape index (κ1) is 22.3. The molecule has 0 saturated carbocycles. The highest BCUT2D eigenvalue weighted by atomic mass is 79.9. The van der Waals surface area contributed by atoms with Crippen LogP contribution in [-0.4, -0.2) is 5.11 Å². The Balaban J connectivity index is 1.41. The Kier molecular flexibility index (Phi) is 5.79. The normalized spacial score (nSPS) is 17.3. The maximum Gasteiger partial charge on any atom is 0.195 e. The minimum atomic E-state index is -0.135. The molecule has 0 amide bonds. The van der Waals surface area contributed by atoms with Gasteiger partial charge in [-0.05, 0) is 70.8 Å². The lowest BCUT2D eigenvalue weighted by Gasteiger charge is -2.32. The van der Waals surface area contributed by atoms with Gasteiger partial charge in [0.15, 0.2) is 10.5 Å². The third kappa shape index (κ3) is 4.11. The molecule has 2 unspecified atom stereocenters. The highest BCUT2D eigenvalue weighted by molar-refractivity contribution is 9.10. The van der Waals surface area contributed by atoms with E-state index in [0.29, 0.717) is 10.9 Å². The Morgan fingerprint density at radius 2 is 1.46 bits per heavy atom. The van der Waals surface area contributed by atoms with Gasteiger partial charge in [-0.15, -0.1) is 0 Å². The van der Waals surface area contributed by atoms with Gasteiger partial charge >= 0.3 is 0 Å². The largest absolute Gasteiger partial charge is 0.499 e. The minimum absolute atomic E-state index is 0.0529. The lowest BCUT2D eigenvalue weighted by atomic mass is 9.72. The number of fused-ring (bicyclic) bond motifs is 2. The molecule has 1 aliphatic carbocycles. The van der Waals surface area contributed by atoms with E-state index in [1.807, 2.05) is 30.3 Å². The van der Waals surface area contributed by atoms with Gasteiger partial charge in [-0.25, -0.2) is 0 Å². The van der Waals surface area contributed by atoms with Gasteiger partial charge in [0, 0.05) is 20.5 Å². The van der Waals surface area contributed by atoms with E-state index in [1.165, 1.54) is 33.6 Å². The third-order valence-electron chi connectivity index (χ3n) is 7.14. The van der Waals surface area contributed by atoms with Crippen molar-refractivity contribution in [2.24, 2.45) is 0 Å². The van der Waals surface area contributed by atoms with Gasteiger partial charge in [-0.2, -0.15) is 0 Å². The van der Waals surface area contributed by atoms with Crippen molar-refractivity contribution in [3.63, 3.8) is 0 Å². The number of aromatic hydroxyl groups is 1. The maximum absolute atomic E-state index is 13.6. The van der Waals surface area contributed by atoms with Gasteiger partial charge in [-0.1, -0.05) is 100 Å². The van der Waals surface area contributed by atoms with Gasteiger partial charge in [-0.3, -0.25) is 4.79 Å². The summed E-state index contributed by atoms with van der Waals surface area (Å²) in [5.74, 6) is 0.133. The Morgan fingerprint density at radius 3 is 2.23 bits per heavy atom. The third-order valence-corrected chi connectivity index (χ3v) is 8.66. The van der Waals surface area contributed by atoms with Crippen molar-refractivity contribution in [3.8, 4) is 16.2 Å². The van der Waals surface area contributed by atoms with Gasteiger partial charge in [0.1, 0.15) is 0 Å². The molecule has 4 heteroatoms. The molecular formula is C31H23BrO2S. The highest BCUT2D eigenvalue weighted by Gasteiger charge is 2.32. The topological polar surface area (TPSA) is 37.3 Å². The number of halogens is 1. The van der Waals surface area contributed by atoms with Crippen LogP contribution in [0, 0.1) is 0 Å². The summed E-state index contributed by atoms with van der Waals surface area (Å²) in [7, 11) is 0. The molecule has 0 fully saturated rings. The smallest absolute Gasteiger partial charge is 0.195 e. The van der Waals surface area contributed by atoms with Crippen molar-refractivity contribution >= 4 is 37.4 Å². The SMILES string of the molecule is O=c1c(C2CC(c3ccc(-c4ccc(Br)cc4)cc3)Cc3ccccc32)c(O)sc2ccccc12. The average molecular weight is 539 g/mol. The van der Waals surface area contributed by atoms with Crippen LogP contribution in [0.4, 0.5) is 0 Å². The van der Waals surface area contributed by atoms with Crippen LogP contribution < -0.4 is 5.43 Å². The van der Waals surface area contributed by atoms with Gasteiger partial charge in [0.2, 0.25) is 0 Å². The molecule has 172 valence electrons. The number of hydrogen-bond donors (Lipinski definition) is 1. The maximum atomic E-state index is 13.6. The molecule has 1 aliphatic rings. The van der Waals surface area contributed by atoms with E-state index < -0.39 is 0 Å². The van der Waals surface area contributed by atoms with E-state index in [1.54, 1.807) is 0 Å². The first-order valence-electron chi connectivity index (χ1n) is 11.8. The molecule has 5 aromatic rings. The summed E-state index contributed by atoms with van der Waals surface area (Å²) in [6.45, 7) is 0. The molecule has 1 aromatic heterocycles. The fourth-order valence-electron chi connectivity index (χ4n) is 5.39. The fourth-order valence-corrected chi connectivity index (χ4v) is 6.62. The van der Waals surface area contributed by atoms with Crippen LogP contribution in [0.2, 0.25) is 0 Å². The van der Waals surface area contributed by atoms with Crippen LogP contribution in [0.1, 0.15) is 40.5 Å². The Hall–Kier alpha value is -3.21. The summed E-state index contributed by atoms with van der Waals surface area (Å²) in [5.41, 5.74) is 6.53. The van der Waals surface area contributed by atoms with E-state index in [2.05, 4.69) is 82.7 Å². The van der Waals surface area contributed by atoms with E-state index in [9.17, 15) is 9.90 Å². The zero-order chi connectivity index (χ0) is 23.9. The molecule has 2 nitrogen and oxygen atoms in total. The lowest BCUT2D eigenvalue weighted by Crippen LogP contribution is -2.23. The summed E-state index contributed by atoms with van der Waals surface area (Å²) in [6, 6.07) is 33.1. The highest BCUT2D eigenvalue weighted by Crippen LogP contribution is 2.46. The minimum Gasteiger partial charge on any atom is -0.499 e. The average Bonchev–Trinajstić information content (AvgIpc) is 2.89. The van der Waals surface area contributed by atoms with Crippen molar-refractivity contribution < 1.29 is 5.11 Å². The lowest BCUT2D eigenvalue weighted by molar-refractivity contribution is 0.465. The number of rotatable bonds is 3. The summed E-state index contributed by atoms with van der Waals surface area (Å²) in [4.78, 5) is 13.6. The van der Waals surface area contributed by atoms with Crippen LogP contribution in [0.5, 0.6) is 5.06 Å². The van der Waals surface area contributed by atoms with E-state index in [0.717, 1.165) is 27.6 Å². The first-order chi connectivity index (χ1) is 17.1. The van der Waals surface area contributed by atoms with Crippen LogP contribution in [0.3, 0.4) is 0 Å². The zero-order valence-electron chi connectivity index (χ0n) is 18.9. The summed E-state index contributed by atoms with van der Waals surface area (Å²) in [6.07, 6.45) is 1.72. The van der Waals surface area contributed by atoms with Crippen molar-refractivity contribution in [1.82, 2.24) is 0 Å². The van der Waals surface area contributed by atoms with Crippen LogP contribution in [0.15, 0.2) is 106 Å². The summed E-state index contributed by atoms with van der Waals surface area (Å²) < 4.78 is 1.89. The van der Waals surface area contributed by atoms with Crippen LogP contribution >= 0.6 is 27.3 Å². The van der Waals surface area contributed by atoms with Crippen molar-refractivity contribution in [3.05, 3.63) is 134 Å². The summed E-state index contributed by atoms with van der Waals surface area (Å²) >= 11 is 4.80. The predicted octanol–water partition coefficient (Wildman–Crippen LogP) is 8.26. The second-order valence-corrected chi connectivity index (χ2v) is 11.1. The second-order valence-electron chi connectivity index (χ2n) is 9.16. The van der Waals surface area contributed by atoms with E-state index in [-0.39, 0.29) is 22.3 Å². The molecule has 0 radical (unpaired) electrons. The number of benzene rings is 4. The number of hydrogen-bond acceptors (Lipinski definition) is 3. The van der Waals surface area contributed by atoms with E-state index in [4.69, 9.17) is 0 Å². The Morgan fingerprint density at radius 1 is 0.800 bits per heavy atom. The standard InChI is InChI=1S/C31H23BrO2S/c32-24-15-13-20(14-16-24)19-9-11-21(12-10-19)23-17-22-5-1-2-6-25(22)27(18-23)29-30(33)26-7-3-4-8-28(26)35-31(29)34/h1-16,23,27,34H,17-18H2. The zero-order valence-corrected chi connectivity index (χ0v) is 21.4. The quantitative estimate of drug-likeness (QED) is 0.251. The van der Waals surface area contributed by atoms with Gasteiger partial charge in [0.25, 0.3) is 0 Å². The van der Waals surface area contributed by atoms with Crippen LogP contribution in [-0.2, 0) is 6.42 Å².